The van der Waals surface area contributed by atoms with Gasteiger partial charge in [-0.3, -0.25) is 14.6 Å². The first kappa shape index (κ1) is 11.7. The predicted octanol–water partition coefficient (Wildman–Crippen LogP) is 1.84. The number of pyridine rings is 1. The van der Waals surface area contributed by atoms with Crippen molar-refractivity contribution < 1.29 is 9.63 Å². The van der Waals surface area contributed by atoms with E-state index in [0.29, 0.717) is 5.69 Å². The fourth-order valence-corrected chi connectivity index (χ4v) is 1.99. The van der Waals surface area contributed by atoms with E-state index in [0.717, 1.165) is 15.8 Å². The molecule has 2 heterocycles. The molecule has 0 aromatic carbocycles. The monoisotopic (exact) mass is 249 g/mol. The zero-order valence-electron chi connectivity index (χ0n) is 9.45. The number of hydrogen-bond donors (Lipinski definition) is 0. The standard InChI is InChI=1S/C11H11N3O2S/c1-14(16-2)11(15)9-7-17-10(13-9)8-5-3-4-6-12-8/h3-7H,1-2H3. The van der Waals surface area contributed by atoms with Crippen LogP contribution in [0, 0.1) is 0 Å². The third kappa shape index (κ3) is 2.48. The summed E-state index contributed by atoms with van der Waals surface area (Å²) in [5, 5.41) is 3.55. The van der Waals surface area contributed by atoms with Crippen molar-refractivity contribution >= 4 is 17.2 Å². The van der Waals surface area contributed by atoms with Crippen LogP contribution in [0.25, 0.3) is 10.7 Å². The predicted molar refractivity (Wildman–Crippen MR) is 64.4 cm³/mol. The molecule has 0 atom stereocenters. The van der Waals surface area contributed by atoms with Gasteiger partial charge in [-0.1, -0.05) is 6.07 Å². The molecule has 6 heteroatoms. The molecule has 0 aliphatic carbocycles. The summed E-state index contributed by atoms with van der Waals surface area (Å²) in [6, 6.07) is 5.57. The minimum absolute atomic E-state index is 0.272. The molecule has 0 bridgehead atoms. The number of carbonyl (C=O) groups is 1. The highest BCUT2D eigenvalue weighted by molar-refractivity contribution is 7.13. The molecule has 0 radical (unpaired) electrons. The van der Waals surface area contributed by atoms with Crippen molar-refractivity contribution in [2.45, 2.75) is 0 Å². The van der Waals surface area contributed by atoms with E-state index in [1.165, 1.54) is 18.4 Å². The van der Waals surface area contributed by atoms with Crippen LogP contribution in [-0.2, 0) is 4.84 Å². The number of rotatable bonds is 3. The van der Waals surface area contributed by atoms with E-state index in [1.54, 1.807) is 18.6 Å². The second-order valence-corrected chi connectivity index (χ2v) is 4.10. The molecule has 0 aliphatic rings. The summed E-state index contributed by atoms with van der Waals surface area (Å²) in [5.41, 5.74) is 1.12. The Morgan fingerprint density at radius 2 is 2.29 bits per heavy atom. The molecule has 5 nitrogen and oxygen atoms in total. The molecule has 0 saturated heterocycles. The Balaban J connectivity index is 2.25. The summed E-state index contributed by atoms with van der Waals surface area (Å²) < 4.78 is 0. The molecule has 0 fully saturated rings. The molecule has 0 N–H and O–H groups in total. The number of nitrogens with zero attached hydrogens (tertiary/aromatic N) is 3. The molecule has 2 aromatic heterocycles. The lowest BCUT2D eigenvalue weighted by atomic mass is 10.3. The van der Waals surface area contributed by atoms with Crippen LogP contribution in [0.15, 0.2) is 29.8 Å². The van der Waals surface area contributed by atoms with Crippen molar-refractivity contribution in [3.63, 3.8) is 0 Å². The lowest BCUT2D eigenvalue weighted by Crippen LogP contribution is -2.25. The Morgan fingerprint density at radius 1 is 1.47 bits per heavy atom. The molecule has 0 unspecified atom stereocenters. The molecule has 2 rings (SSSR count). The second kappa shape index (κ2) is 5.03. The molecule has 17 heavy (non-hydrogen) atoms. The largest absolute Gasteiger partial charge is 0.296 e. The van der Waals surface area contributed by atoms with Gasteiger partial charge in [0.05, 0.1) is 12.8 Å². The van der Waals surface area contributed by atoms with Crippen molar-refractivity contribution in [3.8, 4) is 10.7 Å². The Bertz CT molecular complexity index is 512. The van der Waals surface area contributed by atoms with Crippen LogP contribution in [0.3, 0.4) is 0 Å². The van der Waals surface area contributed by atoms with Gasteiger partial charge in [0.2, 0.25) is 0 Å². The summed E-state index contributed by atoms with van der Waals surface area (Å²) in [6.07, 6.45) is 1.69. The van der Waals surface area contributed by atoms with Crippen LogP contribution in [0.2, 0.25) is 0 Å². The van der Waals surface area contributed by atoms with Gasteiger partial charge in [-0.15, -0.1) is 11.3 Å². The number of aromatic nitrogens is 2. The van der Waals surface area contributed by atoms with Gasteiger partial charge in [-0.2, -0.15) is 0 Å². The zero-order chi connectivity index (χ0) is 12.3. The average Bonchev–Trinajstić information content (AvgIpc) is 2.87. The van der Waals surface area contributed by atoms with Crippen molar-refractivity contribution in [2.75, 3.05) is 14.2 Å². The third-order valence-corrected chi connectivity index (χ3v) is 3.03. The highest BCUT2D eigenvalue weighted by Gasteiger charge is 2.16. The van der Waals surface area contributed by atoms with Gasteiger partial charge in [-0.05, 0) is 12.1 Å². The number of hydrogen-bond acceptors (Lipinski definition) is 5. The van der Waals surface area contributed by atoms with Crippen LogP contribution in [0.1, 0.15) is 10.5 Å². The van der Waals surface area contributed by atoms with Gasteiger partial charge >= 0.3 is 0 Å². The van der Waals surface area contributed by atoms with Gasteiger partial charge in [0.1, 0.15) is 10.7 Å². The number of thiazole rings is 1. The lowest BCUT2D eigenvalue weighted by molar-refractivity contribution is -0.0760. The molecule has 0 aliphatic heterocycles. The van der Waals surface area contributed by atoms with Crippen molar-refractivity contribution in [1.82, 2.24) is 15.0 Å². The summed E-state index contributed by atoms with van der Waals surface area (Å²) in [5.74, 6) is -0.272. The fraction of sp³-hybridized carbons (Fsp3) is 0.182. The van der Waals surface area contributed by atoms with Gasteiger partial charge in [0.15, 0.2) is 0 Å². The summed E-state index contributed by atoms with van der Waals surface area (Å²) in [4.78, 5) is 25.0. The van der Waals surface area contributed by atoms with Gasteiger partial charge in [0.25, 0.3) is 5.91 Å². The third-order valence-electron chi connectivity index (χ3n) is 2.17. The molecular formula is C11H11N3O2S. The fourth-order valence-electron chi connectivity index (χ4n) is 1.22. The first-order chi connectivity index (χ1) is 8.22. The Labute approximate surface area is 103 Å². The summed E-state index contributed by atoms with van der Waals surface area (Å²) >= 11 is 1.38. The van der Waals surface area contributed by atoms with Gasteiger partial charge in [0, 0.05) is 18.6 Å². The van der Waals surface area contributed by atoms with E-state index in [1.807, 2.05) is 18.2 Å². The smallest absolute Gasteiger partial charge is 0.274 e. The number of amides is 1. The van der Waals surface area contributed by atoms with Crippen molar-refractivity contribution in [2.24, 2.45) is 0 Å². The lowest BCUT2D eigenvalue weighted by Gasteiger charge is -2.10. The quantitative estimate of drug-likeness (QED) is 0.779. The minimum atomic E-state index is -0.272. The van der Waals surface area contributed by atoms with Crippen molar-refractivity contribution in [3.05, 3.63) is 35.5 Å². The number of hydroxylamine groups is 2. The molecular weight excluding hydrogens is 238 g/mol. The highest BCUT2D eigenvalue weighted by Crippen LogP contribution is 2.21. The topological polar surface area (TPSA) is 55.3 Å². The normalized spacial score (nSPS) is 10.2. The Hall–Kier alpha value is -1.79. The van der Waals surface area contributed by atoms with Crippen LogP contribution < -0.4 is 0 Å². The van der Waals surface area contributed by atoms with E-state index in [2.05, 4.69) is 9.97 Å². The van der Waals surface area contributed by atoms with E-state index < -0.39 is 0 Å². The van der Waals surface area contributed by atoms with Crippen molar-refractivity contribution in [1.29, 1.82) is 0 Å². The SMILES string of the molecule is CON(C)C(=O)c1csc(-c2ccccn2)n1. The maximum absolute atomic E-state index is 11.7. The maximum Gasteiger partial charge on any atom is 0.296 e. The second-order valence-electron chi connectivity index (χ2n) is 3.24. The molecule has 0 spiro atoms. The first-order valence-corrected chi connectivity index (χ1v) is 5.79. The van der Waals surface area contributed by atoms with Crippen LogP contribution in [0.4, 0.5) is 0 Å². The minimum Gasteiger partial charge on any atom is -0.274 e. The maximum atomic E-state index is 11.7. The highest BCUT2D eigenvalue weighted by atomic mass is 32.1. The van der Waals surface area contributed by atoms with Gasteiger partial charge < -0.3 is 0 Å². The molecule has 2 aromatic rings. The van der Waals surface area contributed by atoms with E-state index in [9.17, 15) is 4.79 Å². The van der Waals surface area contributed by atoms with Gasteiger partial charge in [-0.25, -0.2) is 10.0 Å². The zero-order valence-corrected chi connectivity index (χ0v) is 10.3. The Morgan fingerprint density at radius 3 is 2.94 bits per heavy atom. The average molecular weight is 249 g/mol. The summed E-state index contributed by atoms with van der Waals surface area (Å²) in [6.45, 7) is 0. The van der Waals surface area contributed by atoms with E-state index in [4.69, 9.17) is 4.84 Å². The molecule has 0 saturated carbocycles. The number of carbonyl (C=O) groups excluding carboxylic acids is 1. The Kier molecular flexibility index (Phi) is 3.46. The van der Waals surface area contributed by atoms with Crippen LogP contribution in [-0.4, -0.2) is 35.1 Å². The van der Waals surface area contributed by atoms with E-state index in [-0.39, 0.29) is 5.91 Å². The first-order valence-electron chi connectivity index (χ1n) is 4.91. The van der Waals surface area contributed by atoms with Crippen LogP contribution in [0.5, 0.6) is 0 Å². The van der Waals surface area contributed by atoms with Crippen LogP contribution >= 0.6 is 11.3 Å². The summed E-state index contributed by atoms with van der Waals surface area (Å²) in [7, 11) is 2.98. The van der Waals surface area contributed by atoms with E-state index >= 15 is 0 Å². The molecule has 88 valence electrons. The molecule has 1 amide bonds.